The van der Waals surface area contributed by atoms with Gasteiger partial charge in [0.2, 0.25) is 5.95 Å². The average molecular weight is 373 g/mol. The molecule has 2 aromatic heterocycles. The SMILES string of the molecule is CC(C)c1c(Br)c(F)c2cnc(N[C@@H]3CCOC[C@H]3O)nn12. The topological polar surface area (TPSA) is 71.7 Å². The smallest absolute Gasteiger partial charge is 0.241 e. The fraction of sp³-hybridized carbons (Fsp3) is 0.571. The van der Waals surface area contributed by atoms with Gasteiger partial charge in [0, 0.05) is 6.61 Å². The first-order chi connectivity index (χ1) is 10.5. The van der Waals surface area contributed by atoms with Crippen LogP contribution >= 0.6 is 15.9 Å². The highest BCUT2D eigenvalue weighted by Crippen LogP contribution is 2.31. The molecule has 22 heavy (non-hydrogen) atoms. The quantitative estimate of drug-likeness (QED) is 0.864. The van der Waals surface area contributed by atoms with Crippen molar-refractivity contribution in [3.8, 4) is 0 Å². The molecule has 0 amide bonds. The molecule has 2 N–H and O–H groups in total. The molecule has 3 heterocycles. The number of hydrogen-bond acceptors (Lipinski definition) is 5. The van der Waals surface area contributed by atoms with Gasteiger partial charge in [-0.25, -0.2) is 13.9 Å². The molecule has 1 aliphatic rings. The summed E-state index contributed by atoms with van der Waals surface area (Å²) in [6, 6.07) is -0.169. The van der Waals surface area contributed by atoms with Crippen LogP contribution in [-0.4, -0.2) is 45.1 Å². The lowest BCUT2D eigenvalue weighted by atomic mass is 10.1. The maximum atomic E-state index is 14.2. The van der Waals surface area contributed by atoms with E-state index in [1.165, 1.54) is 6.20 Å². The molecule has 0 aliphatic carbocycles. The number of ether oxygens (including phenoxy) is 1. The van der Waals surface area contributed by atoms with Gasteiger partial charge >= 0.3 is 0 Å². The van der Waals surface area contributed by atoms with E-state index >= 15 is 0 Å². The van der Waals surface area contributed by atoms with Crippen molar-refractivity contribution in [3.05, 3.63) is 22.2 Å². The van der Waals surface area contributed by atoms with Gasteiger partial charge in [0.05, 0.1) is 35.1 Å². The Hall–Kier alpha value is -1.25. The van der Waals surface area contributed by atoms with Crippen LogP contribution in [0.15, 0.2) is 10.7 Å². The Balaban J connectivity index is 1.97. The molecule has 1 fully saturated rings. The highest BCUT2D eigenvalue weighted by Gasteiger charge is 2.25. The molecular weight excluding hydrogens is 355 g/mol. The van der Waals surface area contributed by atoms with Crippen LogP contribution in [0.5, 0.6) is 0 Å². The molecule has 0 aromatic carbocycles. The summed E-state index contributed by atoms with van der Waals surface area (Å²) in [4.78, 5) is 4.15. The van der Waals surface area contributed by atoms with Crippen LogP contribution in [0.25, 0.3) is 5.52 Å². The fourth-order valence-corrected chi connectivity index (χ4v) is 3.45. The van der Waals surface area contributed by atoms with E-state index in [4.69, 9.17) is 4.74 Å². The normalized spacial score (nSPS) is 22.5. The third-order valence-corrected chi connectivity index (χ3v) is 4.54. The summed E-state index contributed by atoms with van der Waals surface area (Å²) in [5.41, 5.74) is 1.08. The zero-order chi connectivity index (χ0) is 15.9. The Kier molecular flexibility index (Phi) is 4.33. The second kappa shape index (κ2) is 6.10. The summed E-state index contributed by atoms with van der Waals surface area (Å²) >= 11 is 3.29. The summed E-state index contributed by atoms with van der Waals surface area (Å²) in [6.45, 7) is 4.82. The molecule has 2 atom stereocenters. The first-order valence-electron chi connectivity index (χ1n) is 7.24. The van der Waals surface area contributed by atoms with Gasteiger partial charge in [-0.1, -0.05) is 13.8 Å². The number of halogens is 2. The maximum absolute atomic E-state index is 14.2. The number of rotatable bonds is 3. The summed E-state index contributed by atoms with van der Waals surface area (Å²) in [7, 11) is 0. The van der Waals surface area contributed by atoms with Crippen LogP contribution in [-0.2, 0) is 4.74 Å². The van der Waals surface area contributed by atoms with Gasteiger partial charge in [-0.15, -0.1) is 5.10 Å². The molecule has 6 nitrogen and oxygen atoms in total. The van der Waals surface area contributed by atoms with Crippen LogP contribution in [0.2, 0.25) is 0 Å². The number of nitrogens with zero attached hydrogens (tertiary/aromatic N) is 3. The Labute approximate surface area is 135 Å². The van der Waals surface area contributed by atoms with E-state index in [0.29, 0.717) is 35.6 Å². The van der Waals surface area contributed by atoms with Gasteiger partial charge in [-0.05, 0) is 28.3 Å². The van der Waals surface area contributed by atoms with Crippen molar-refractivity contribution in [3.63, 3.8) is 0 Å². The Morgan fingerprint density at radius 2 is 2.32 bits per heavy atom. The largest absolute Gasteiger partial charge is 0.389 e. The zero-order valence-corrected chi connectivity index (χ0v) is 14.0. The fourth-order valence-electron chi connectivity index (χ4n) is 2.62. The molecule has 0 spiro atoms. The predicted molar refractivity (Wildman–Crippen MR) is 83.6 cm³/mol. The third-order valence-electron chi connectivity index (χ3n) is 3.79. The molecule has 0 bridgehead atoms. The molecule has 0 unspecified atom stereocenters. The summed E-state index contributed by atoms with van der Waals surface area (Å²) in [6.07, 6.45) is 1.52. The summed E-state index contributed by atoms with van der Waals surface area (Å²) in [5, 5.41) is 17.4. The van der Waals surface area contributed by atoms with Crippen LogP contribution in [0.1, 0.15) is 31.9 Å². The van der Waals surface area contributed by atoms with Crippen LogP contribution in [0.3, 0.4) is 0 Å². The monoisotopic (exact) mass is 372 g/mol. The van der Waals surface area contributed by atoms with Crippen molar-refractivity contribution >= 4 is 27.4 Å². The first kappa shape index (κ1) is 15.6. The first-order valence-corrected chi connectivity index (χ1v) is 8.03. The van der Waals surface area contributed by atoms with E-state index in [0.717, 1.165) is 5.69 Å². The number of hydrogen-bond donors (Lipinski definition) is 2. The van der Waals surface area contributed by atoms with Crippen LogP contribution < -0.4 is 5.32 Å². The molecular formula is C14H18BrFN4O2. The summed E-state index contributed by atoms with van der Waals surface area (Å²) in [5.74, 6) is 0.104. The van der Waals surface area contributed by atoms with E-state index in [2.05, 4.69) is 31.3 Å². The van der Waals surface area contributed by atoms with Crippen molar-refractivity contribution in [2.75, 3.05) is 18.5 Å². The number of fused-ring (bicyclic) bond motifs is 1. The number of nitrogens with one attached hydrogen (secondary N) is 1. The van der Waals surface area contributed by atoms with Gasteiger partial charge in [0.1, 0.15) is 5.52 Å². The van der Waals surface area contributed by atoms with Crippen molar-refractivity contribution in [2.24, 2.45) is 0 Å². The lowest BCUT2D eigenvalue weighted by molar-refractivity contribution is -0.0136. The molecule has 3 rings (SSSR count). The number of aliphatic hydroxyl groups is 1. The highest BCUT2D eigenvalue weighted by molar-refractivity contribution is 9.10. The molecule has 0 saturated carbocycles. The molecule has 2 aromatic rings. The van der Waals surface area contributed by atoms with Crippen molar-refractivity contribution in [1.29, 1.82) is 0 Å². The number of aromatic nitrogens is 3. The Morgan fingerprint density at radius 1 is 1.55 bits per heavy atom. The lowest BCUT2D eigenvalue weighted by Crippen LogP contribution is -2.42. The predicted octanol–water partition coefficient (Wildman–Crippen LogP) is 2.32. The molecule has 120 valence electrons. The molecule has 0 radical (unpaired) electrons. The van der Waals surface area contributed by atoms with Crippen molar-refractivity contribution in [2.45, 2.75) is 38.3 Å². The second-order valence-corrected chi connectivity index (χ2v) is 6.52. The number of anilines is 1. The minimum atomic E-state index is -0.606. The summed E-state index contributed by atoms with van der Waals surface area (Å²) < 4.78 is 21.4. The molecule has 1 saturated heterocycles. The van der Waals surface area contributed by atoms with Crippen LogP contribution in [0.4, 0.5) is 10.3 Å². The van der Waals surface area contributed by atoms with Gasteiger partial charge in [0.15, 0.2) is 5.82 Å². The zero-order valence-electron chi connectivity index (χ0n) is 12.4. The van der Waals surface area contributed by atoms with Gasteiger partial charge in [0.25, 0.3) is 0 Å². The third kappa shape index (κ3) is 2.70. The Bertz CT molecular complexity index is 691. The van der Waals surface area contributed by atoms with Crippen LogP contribution in [0, 0.1) is 5.82 Å². The minimum absolute atomic E-state index is 0.0998. The minimum Gasteiger partial charge on any atom is -0.389 e. The van der Waals surface area contributed by atoms with E-state index in [9.17, 15) is 9.50 Å². The second-order valence-electron chi connectivity index (χ2n) is 5.73. The molecule has 1 aliphatic heterocycles. The van der Waals surface area contributed by atoms with E-state index in [-0.39, 0.29) is 17.8 Å². The van der Waals surface area contributed by atoms with E-state index in [1.54, 1.807) is 4.52 Å². The Morgan fingerprint density at radius 3 is 3.00 bits per heavy atom. The standard InChI is InChI=1S/C14H18BrFN4O2/c1-7(2)13-11(15)12(16)9-5-17-14(19-20(9)13)18-8-3-4-22-6-10(8)21/h5,7-8,10,21H,3-4,6H2,1-2H3,(H,18,19)/t8-,10-/m1/s1. The van der Waals surface area contributed by atoms with E-state index in [1.807, 2.05) is 13.8 Å². The van der Waals surface area contributed by atoms with Gasteiger partial charge in [-0.3, -0.25) is 0 Å². The number of aliphatic hydroxyl groups excluding tert-OH is 1. The van der Waals surface area contributed by atoms with Gasteiger partial charge < -0.3 is 15.2 Å². The lowest BCUT2D eigenvalue weighted by Gasteiger charge is -2.28. The maximum Gasteiger partial charge on any atom is 0.241 e. The average Bonchev–Trinajstić information content (AvgIpc) is 2.73. The van der Waals surface area contributed by atoms with Crippen molar-refractivity contribution < 1.29 is 14.2 Å². The highest BCUT2D eigenvalue weighted by atomic mass is 79.9. The van der Waals surface area contributed by atoms with Crippen molar-refractivity contribution in [1.82, 2.24) is 14.6 Å². The van der Waals surface area contributed by atoms with E-state index < -0.39 is 6.10 Å². The van der Waals surface area contributed by atoms with Gasteiger partial charge in [-0.2, -0.15) is 0 Å². The molecule has 8 heteroatoms.